The molecule has 1 atom stereocenters. The van der Waals surface area contributed by atoms with Crippen molar-refractivity contribution in [1.29, 1.82) is 0 Å². The number of nitrogens with zero attached hydrogens (tertiary/aromatic N) is 1. The number of amides is 1. The number of aromatic amines is 1. The van der Waals surface area contributed by atoms with E-state index in [4.69, 9.17) is 4.74 Å². The Hall–Kier alpha value is -2.30. The highest BCUT2D eigenvalue weighted by Crippen LogP contribution is 2.38. The lowest BCUT2D eigenvalue weighted by molar-refractivity contribution is -0.116. The first kappa shape index (κ1) is 9.89. The molecule has 0 aliphatic carbocycles. The molecule has 0 saturated carbocycles. The second kappa shape index (κ2) is 3.62. The molecule has 3 rings (SSSR count). The van der Waals surface area contributed by atoms with E-state index in [0.717, 1.165) is 22.7 Å². The number of carbonyl (C=O) groups is 1. The average Bonchev–Trinajstić information content (AvgIpc) is 2.93. The number of fused-ring (bicyclic) bond motifs is 1. The van der Waals surface area contributed by atoms with Crippen molar-refractivity contribution in [2.75, 3.05) is 12.4 Å². The number of ether oxygens (including phenoxy) is 1. The smallest absolute Gasteiger partial charge is 0.238 e. The lowest BCUT2D eigenvalue weighted by Crippen LogP contribution is -2.13. The van der Waals surface area contributed by atoms with Crippen molar-refractivity contribution in [2.45, 2.75) is 5.92 Å². The molecule has 2 N–H and O–H groups in total. The van der Waals surface area contributed by atoms with Gasteiger partial charge in [-0.05, 0) is 23.8 Å². The van der Waals surface area contributed by atoms with Gasteiger partial charge in [0.15, 0.2) is 0 Å². The second-order valence-electron chi connectivity index (χ2n) is 3.88. The predicted octanol–water partition coefficient (Wildman–Crippen LogP) is 1.50. The molecule has 1 amide bonds. The molecule has 2 heterocycles. The first-order valence-electron chi connectivity index (χ1n) is 5.26. The van der Waals surface area contributed by atoms with Crippen LogP contribution in [0.2, 0.25) is 0 Å². The zero-order chi connectivity index (χ0) is 11.8. The van der Waals surface area contributed by atoms with Gasteiger partial charge in [0.1, 0.15) is 11.7 Å². The number of imidazole rings is 1. The van der Waals surface area contributed by atoms with Crippen molar-refractivity contribution < 1.29 is 9.53 Å². The summed E-state index contributed by atoms with van der Waals surface area (Å²) in [6.45, 7) is 0. The fraction of sp³-hybridized carbons (Fsp3) is 0.167. The summed E-state index contributed by atoms with van der Waals surface area (Å²) in [5.41, 5.74) is 2.53. The molecule has 1 unspecified atom stereocenters. The van der Waals surface area contributed by atoms with Gasteiger partial charge in [-0.1, -0.05) is 0 Å². The van der Waals surface area contributed by atoms with Crippen molar-refractivity contribution >= 4 is 11.6 Å². The van der Waals surface area contributed by atoms with Crippen molar-refractivity contribution in [3.05, 3.63) is 42.0 Å². The van der Waals surface area contributed by atoms with E-state index in [1.165, 1.54) is 0 Å². The summed E-state index contributed by atoms with van der Waals surface area (Å²) in [5.74, 6) is 0.366. The summed E-state index contributed by atoms with van der Waals surface area (Å²) in [5, 5.41) is 2.84. The van der Waals surface area contributed by atoms with Gasteiger partial charge in [0.05, 0.1) is 19.1 Å². The number of hydrogen-bond donors (Lipinski definition) is 2. The van der Waals surface area contributed by atoms with Crippen molar-refractivity contribution in [2.24, 2.45) is 0 Å². The number of nitrogens with one attached hydrogen (secondary N) is 2. The summed E-state index contributed by atoms with van der Waals surface area (Å²) in [6, 6.07) is 5.55. The molecule has 1 aliphatic rings. The van der Waals surface area contributed by atoms with E-state index in [1.807, 2.05) is 18.2 Å². The van der Waals surface area contributed by atoms with Gasteiger partial charge in [-0.2, -0.15) is 0 Å². The van der Waals surface area contributed by atoms with Crippen LogP contribution in [0.1, 0.15) is 17.2 Å². The van der Waals surface area contributed by atoms with Crippen LogP contribution in [0.3, 0.4) is 0 Å². The average molecular weight is 229 g/mol. The van der Waals surface area contributed by atoms with Gasteiger partial charge in [0.25, 0.3) is 0 Å². The number of hydrogen-bond acceptors (Lipinski definition) is 3. The third-order valence-electron chi connectivity index (χ3n) is 2.92. The van der Waals surface area contributed by atoms with E-state index in [0.29, 0.717) is 0 Å². The Balaban J connectivity index is 2.11. The Morgan fingerprint density at radius 1 is 1.41 bits per heavy atom. The quantitative estimate of drug-likeness (QED) is 0.820. The second-order valence-corrected chi connectivity index (χ2v) is 3.88. The lowest BCUT2D eigenvalue weighted by Gasteiger charge is -2.07. The van der Waals surface area contributed by atoms with Crippen LogP contribution in [0.5, 0.6) is 5.75 Å². The topological polar surface area (TPSA) is 67.0 Å². The van der Waals surface area contributed by atoms with Crippen LogP contribution in [0.25, 0.3) is 0 Å². The number of rotatable bonds is 2. The zero-order valence-corrected chi connectivity index (χ0v) is 9.23. The van der Waals surface area contributed by atoms with Crippen LogP contribution in [0.15, 0.2) is 30.7 Å². The molecule has 1 aliphatic heterocycles. The highest BCUT2D eigenvalue weighted by molar-refractivity contribution is 6.04. The van der Waals surface area contributed by atoms with Crippen molar-refractivity contribution in [3.8, 4) is 5.75 Å². The molecule has 1 aromatic heterocycles. The Labute approximate surface area is 97.8 Å². The molecule has 5 nitrogen and oxygen atoms in total. The highest BCUT2D eigenvalue weighted by Gasteiger charge is 2.33. The van der Waals surface area contributed by atoms with Gasteiger partial charge in [-0.25, -0.2) is 4.98 Å². The van der Waals surface area contributed by atoms with E-state index in [-0.39, 0.29) is 11.8 Å². The van der Waals surface area contributed by atoms with Crippen LogP contribution in [-0.4, -0.2) is 23.0 Å². The van der Waals surface area contributed by atoms with Gasteiger partial charge in [0.2, 0.25) is 5.91 Å². The molecule has 0 saturated heterocycles. The third kappa shape index (κ3) is 1.47. The van der Waals surface area contributed by atoms with Crippen LogP contribution in [0.4, 0.5) is 5.69 Å². The van der Waals surface area contributed by atoms with Crippen LogP contribution in [0, 0.1) is 0 Å². The van der Waals surface area contributed by atoms with Crippen LogP contribution < -0.4 is 10.1 Å². The summed E-state index contributed by atoms with van der Waals surface area (Å²) < 4.78 is 5.18. The molecule has 86 valence electrons. The van der Waals surface area contributed by atoms with Gasteiger partial charge in [-0.15, -0.1) is 0 Å². The zero-order valence-electron chi connectivity index (χ0n) is 9.23. The van der Waals surface area contributed by atoms with E-state index < -0.39 is 0 Å². The number of benzene rings is 1. The fourth-order valence-corrected chi connectivity index (χ4v) is 2.10. The minimum atomic E-state index is -0.331. The minimum Gasteiger partial charge on any atom is -0.497 e. The highest BCUT2D eigenvalue weighted by atomic mass is 16.5. The Bertz CT molecular complexity index is 563. The first-order chi connectivity index (χ1) is 8.29. The molecular formula is C12H11N3O2. The SMILES string of the molecule is COc1ccc2c(c1)C(c1cnc[nH]1)C(=O)N2. The fourth-order valence-electron chi connectivity index (χ4n) is 2.10. The molecule has 0 spiro atoms. The predicted molar refractivity (Wildman–Crippen MR) is 62.1 cm³/mol. The summed E-state index contributed by atoms with van der Waals surface area (Å²) in [4.78, 5) is 18.9. The molecule has 0 fully saturated rings. The van der Waals surface area contributed by atoms with E-state index >= 15 is 0 Å². The minimum absolute atomic E-state index is 0.0440. The summed E-state index contributed by atoms with van der Waals surface area (Å²) >= 11 is 0. The standard InChI is InChI=1S/C12H11N3O2/c1-17-7-2-3-9-8(4-7)11(12(16)15-9)10-5-13-6-14-10/h2-6,11H,1H3,(H,13,14)(H,15,16). The van der Waals surface area contributed by atoms with E-state index in [9.17, 15) is 4.79 Å². The van der Waals surface area contributed by atoms with E-state index in [2.05, 4.69) is 15.3 Å². The number of anilines is 1. The van der Waals surface area contributed by atoms with Gasteiger partial charge in [-0.3, -0.25) is 4.79 Å². The summed E-state index contributed by atoms with van der Waals surface area (Å²) in [6.07, 6.45) is 3.24. The monoisotopic (exact) mass is 229 g/mol. The Kier molecular flexibility index (Phi) is 2.11. The normalized spacial score (nSPS) is 17.7. The Morgan fingerprint density at radius 2 is 2.29 bits per heavy atom. The molecule has 0 bridgehead atoms. The van der Waals surface area contributed by atoms with E-state index in [1.54, 1.807) is 19.6 Å². The van der Waals surface area contributed by atoms with Gasteiger partial charge < -0.3 is 15.0 Å². The van der Waals surface area contributed by atoms with Crippen LogP contribution in [-0.2, 0) is 4.79 Å². The molecule has 5 heteroatoms. The molecule has 0 radical (unpaired) electrons. The largest absolute Gasteiger partial charge is 0.497 e. The number of carbonyl (C=O) groups excluding carboxylic acids is 1. The maximum Gasteiger partial charge on any atom is 0.238 e. The van der Waals surface area contributed by atoms with Crippen molar-refractivity contribution in [1.82, 2.24) is 9.97 Å². The number of aromatic nitrogens is 2. The number of methoxy groups -OCH3 is 1. The number of H-pyrrole nitrogens is 1. The molecule has 1 aromatic carbocycles. The molecule has 17 heavy (non-hydrogen) atoms. The molecule has 2 aromatic rings. The van der Waals surface area contributed by atoms with Crippen molar-refractivity contribution in [3.63, 3.8) is 0 Å². The van der Waals surface area contributed by atoms with Crippen LogP contribution >= 0.6 is 0 Å². The Morgan fingerprint density at radius 3 is 3.00 bits per heavy atom. The maximum absolute atomic E-state index is 11.9. The molecular weight excluding hydrogens is 218 g/mol. The first-order valence-corrected chi connectivity index (χ1v) is 5.26. The van der Waals surface area contributed by atoms with Gasteiger partial charge in [0, 0.05) is 11.9 Å². The lowest BCUT2D eigenvalue weighted by atomic mass is 9.98. The summed E-state index contributed by atoms with van der Waals surface area (Å²) in [7, 11) is 1.61. The van der Waals surface area contributed by atoms with Gasteiger partial charge >= 0.3 is 0 Å². The third-order valence-corrected chi connectivity index (χ3v) is 2.92. The maximum atomic E-state index is 11.9.